The fourth-order valence-electron chi connectivity index (χ4n) is 1.35. The number of ether oxygens (including phenoxy) is 1. The second-order valence-corrected chi connectivity index (χ2v) is 6.10. The van der Waals surface area contributed by atoms with Gasteiger partial charge in [-0.3, -0.25) is 9.36 Å². The Morgan fingerprint density at radius 3 is 2.53 bits per heavy atom. The van der Waals surface area contributed by atoms with Gasteiger partial charge in [0.2, 0.25) is 0 Å². The van der Waals surface area contributed by atoms with E-state index >= 15 is 0 Å². The Balaban J connectivity index is 2.24. The van der Waals surface area contributed by atoms with E-state index in [1.165, 1.54) is 13.8 Å². The van der Waals surface area contributed by atoms with Crippen molar-refractivity contribution in [2.45, 2.75) is 19.4 Å². The van der Waals surface area contributed by atoms with Gasteiger partial charge in [-0.2, -0.15) is 0 Å². The normalized spacial score (nSPS) is 13.8. The molecule has 0 fully saturated rings. The predicted octanol–water partition coefficient (Wildman–Crippen LogP) is 3.00. The van der Waals surface area contributed by atoms with Crippen LogP contribution in [0.2, 0.25) is 0 Å². The molecule has 0 bridgehead atoms. The molecular formula is C13H19O5P. The van der Waals surface area contributed by atoms with E-state index in [1.54, 1.807) is 0 Å². The highest BCUT2D eigenvalue weighted by molar-refractivity contribution is 7.52. The van der Waals surface area contributed by atoms with Crippen LogP contribution in [0.15, 0.2) is 30.3 Å². The van der Waals surface area contributed by atoms with Gasteiger partial charge >= 0.3 is 13.6 Å². The van der Waals surface area contributed by atoms with Crippen LogP contribution in [0.3, 0.4) is 0 Å². The molecule has 0 N–H and O–H groups in total. The molecule has 1 aromatic rings. The van der Waals surface area contributed by atoms with Gasteiger partial charge in [-0.25, -0.2) is 0 Å². The van der Waals surface area contributed by atoms with Crippen LogP contribution >= 0.6 is 7.60 Å². The third-order valence-corrected chi connectivity index (χ3v) is 3.64. The molecule has 0 spiro atoms. The van der Waals surface area contributed by atoms with Crippen molar-refractivity contribution < 1.29 is 23.1 Å². The number of esters is 1. The Morgan fingerprint density at radius 2 is 1.89 bits per heavy atom. The largest absolute Gasteiger partial charge is 0.469 e. The average molecular weight is 286 g/mol. The molecule has 1 atom stereocenters. The fraction of sp³-hybridized carbons (Fsp3) is 0.462. The van der Waals surface area contributed by atoms with Crippen LogP contribution in [0.25, 0.3) is 0 Å². The molecule has 106 valence electrons. The summed E-state index contributed by atoms with van der Waals surface area (Å²) in [6.07, 6.45) is 0.703. The molecule has 0 amide bonds. The van der Waals surface area contributed by atoms with E-state index in [1.807, 2.05) is 30.3 Å². The van der Waals surface area contributed by atoms with Crippen molar-refractivity contribution in [1.29, 1.82) is 0 Å². The number of carbonyl (C=O) groups excluding carboxylic acids is 1. The van der Waals surface area contributed by atoms with Gasteiger partial charge in [0.05, 0.1) is 20.3 Å². The van der Waals surface area contributed by atoms with Crippen LogP contribution in [0.5, 0.6) is 0 Å². The van der Waals surface area contributed by atoms with Gasteiger partial charge in [0, 0.05) is 13.1 Å². The first kappa shape index (κ1) is 15.9. The maximum atomic E-state index is 11.9. The van der Waals surface area contributed by atoms with Crippen molar-refractivity contribution >= 4 is 13.6 Å². The Bertz CT molecular complexity index is 432. The Kier molecular flexibility index (Phi) is 6.78. The lowest BCUT2D eigenvalue weighted by Crippen LogP contribution is -2.03. The Hall–Kier alpha value is -1.16. The minimum absolute atomic E-state index is 0.206. The lowest BCUT2D eigenvalue weighted by Gasteiger charge is -2.14. The summed E-state index contributed by atoms with van der Waals surface area (Å²) in [6, 6.07) is 9.44. The van der Waals surface area contributed by atoms with E-state index in [0.29, 0.717) is 6.42 Å². The second-order valence-electron chi connectivity index (χ2n) is 4.04. The number of methoxy groups -OCH3 is 1. The molecule has 1 unspecified atom stereocenters. The van der Waals surface area contributed by atoms with E-state index in [9.17, 15) is 9.36 Å². The SMILES string of the molecule is COC(=O)CCCOP(C)(=O)OCc1ccccc1. The summed E-state index contributed by atoms with van der Waals surface area (Å²) in [4.78, 5) is 10.9. The fourth-order valence-corrected chi connectivity index (χ4v) is 2.27. The van der Waals surface area contributed by atoms with Gasteiger partial charge in [-0.15, -0.1) is 0 Å². The van der Waals surface area contributed by atoms with Gasteiger partial charge in [0.25, 0.3) is 0 Å². The molecule has 0 aromatic heterocycles. The van der Waals surface area contributed by atoms with Crippen molar-refractivity contribution in [3.8, 4) is 0 Å². The standard InChI is InChI=1S/C13H19O5P/c1-16-13(14)9-6-10-17-19(2,15)18-11-12-7-4-3-5-8-12/h3-5,7-8H,6,9-11H2,1-2H3. The van der Waals surface area contributed by atoms with Crippen LogP contribution in [-0.4, -0.2) is 26.4 Å². The average Bonchev–Trinajstić information content (AvgIpc) is 2.42. The van der Waals surface area contributed by atoms with E-state index in [4.69, 9.17) is 9.05 Å². The van der Waals surface area contributed by atoms with Gasteiger partial charge in [0.15, 0.2) is 0 Å². The predicted molar refractivity (Wildman–Crippen MR) is 72.0 cm³/mol. The van der Waals surface area contributed by atoms with Gasteiger partial charge in [-0.05, 0) is 12.0 Å². The van der Waals surface area contributed by atoms with Crippen molar-refractivity contribution in [2.24, 2.45) is 0 Å². The van der Waals surface area contributed by atoms with Crippen molar-refractivity contribution in [2.75, 3.05) is 20.4 Å². The van der Waals surface area contributed by atoms with Crippen LogP contribution in [0.4, 0.5) is 0 Å². The van der Waals surface area contributed by atoms with E-state index in [-0.39, 0.29) is 25.6 Å². The number of hydrogen-bond donors (Lipinski definition) is 0. The maximum Gasteiger partial charge on any atom is 0.327 e. The summed E-state index contributed by atoms with van der Waals surface area (Å²) in [7, 11) is -1.75. The van der Waals surface area contributed by atoms with Crippen LogP contribution < -0.4 is 0 Å². The highest BCUT2D eigenvalue weighted by Crippen LogP contribution is 2.44. The number of carbonyl (C=O) groups is 1. The lowest BCUT2D eigenvalue weighted by atomic mass is 10.2. The van der Waals surface area contributed by atoms with Crippen molar-refractivity contribution in [1.82, 2.24) is 0 Å². The Morgan fingerprint density at radius 1 is 1.21 bits per heavy atom. The highest BCUT2D eigenvalue weighted by Gasteiger charge is 2.17. The maximum absolute atomic E-state index is 11.9. The van der Waals surface area contributed by atoms with Gasteiger partial charge < -0.3 is 13.8 Å². The smallest absolute Gasteiger partial charge is 0.327 e. The molecule has 0 radical (unpaired) electrons. The van der Waals surface area contributed by atoms with Crippen LogP contribution in [-0.2, 0) is 29.8 Å². The number of benzene rings is 1. The quantitative estimate of drug-likeness (QED) is 0.417. The first-order valence-corrected chi connectivity index (χ1v) is 8.00. The minimum atomic E-state index is -3.08. The molecule has 0 aliphatic rings. The number of rotatable bonds is 8. The topological polar surface area (TPSA) is 61.8 Å². The molecule has 5 nitrogen and oxygen atoms in total. The third kappa shape index (κ3) is 7.11. The van der Waals surface area contributed by atoms with Gasteiger partial charge in [0.1, 0.15) is 0 Å². The minimum Gasteiger partial charge on any atom is -0.469 e. The molecule has 6 heteroatoms. The van der Waals surface area contributed by atoms with Crippen LogP contribution in [0, 0.1) is 0 Å². The lowest BCUT2D eigenvalue weighted by molar-refractivity contribution is -0.140. The summed E-state index contributed by atoms with van der Waals surface area (Å²) < 4.78 is 26.9. The van der Waals surface area contributed by atoms with Crippen LogP contribution in [0.1, 0.15) is 18.4 Å². The zero-order valence-electron chi connectivity index (χ0n) is 11.2. The molecule has 1 aromatic carbocycles. The van der Waals surface area contributed by atoms with Crippen molar-refractivity contribution in [3.63, 3.8) is 0 Å². The van der Waals surface area contributed by atoms with E-state index in [2.05, 4.69) is 4.74 Å². The molecule has 0 aliphatic carbocycles. The molecule has 1 rings (SSSR count). The monoisotopic (exact) mass is 286 g/mol. The molecule has 0 saturated heterocycles. The Labute approximate surface area is 113 Å². The molecule has 0 heterocycles. The molecular weight excluding hydrogens is 267 g/mol. The van der Waals surface area contributed by atoms with E-state index < -0.39 is 7.60 Å². The summed E-state index contributed by atoms with van der Waals surface area (Å²) in [5, 5.41) is 0. The third-order valence-electron chi connectivity index (χ3n) is 2.39. The summed E-state index contributed by atoms with van der Waals surface area (Å²) in [5.74, 6) is -0.306. The molecule has 19 heavy (non-hydrogen) atoms. The zero-order chi connectivity index (χ0) is 14.1. The summed E-state index contributed by atoms with van der Waals surface area (Å²) in [6.45, 7) is 1.87. The zero-order valence-corrected chi connectivity index (χ0v) is 12.1. The highest BCUT2D eigenvalue weighted by atomic mass is 31.2. The molecule has 0 aliphatic heterocycles. The molecule has 0 saturated carbocycles. The summed E-state index contributed by atoms with van der Waals surface area (Å²) in [5.41, 5.74) is 0.933. The first-order chi connectivity index (χ1) is 9.03. The van der Waals surface area contributed by atoms with Crippen molar-refractivity contribution in [3.05, 3.63) is 35.9 Å². The number of hydrogen-bond acceptors (Lipinski definition) is 5. The first-order valence-electron chi connectivity index (χ1n) is 6.01. The van der Waals surface area contributed by atoms with E-state index in [0.717, 1.165) is 5.56 Å². The van der Waals surface area contributed by atoms with Gasteiger partial charge in [-0.1, -0.05) is 30.3 Å². The second kappa shape index (κ2) is 8.10. The summed E-state index contributed by atoms with van der Waals surface area (Å²) >= 11 is 0.